The van der Waals surface area contributed by atoms with Crippen LogP contribution in [0.25, 0.3) is 11.3 Å². The monoisotopic (exact) mass is 421 g/mol. The van der Waals surface area contributed by atoms with Crippen molar-refractivity contribution in [3.8, 4) is 0 Å². The number of hydrogen-bond acceptors (Lipinski definition) is 7. The second-order valence-corrected chi connectivity index (χ2v) is 7.53. The summed E-state index contributed by atoms with van der Waals surface area (Å²) in [4.78, 5) is 10.1. The van der Waals surface area contributed by atoms with Gasteiger partial charge in [-0.15, -0.1) is 5.10 Å². The Morgan fingerprint density at radius 3 is 3.00 bits per heavy atom. The molecular formula is C22H27N7O2. The number of aromatic amines is 1. The van der Waals surface area contributed by atoms with Gasteiger partial charge in [-0.1, -0.05) is 6.07 Å². The standard InChI is InChI=1S/C22H27N7O2/c1-28(2)11-9-25-22-21(17-6-3-4-10-29(17)27-22)26-16-14-18(31-13-5-12-30)20-15(19(16)23)7-8-24-20/h3-4,6-8,10,14,23-24,30H,5,9,11-13H2,1-2H3,(H,25,27)/b23-19?,26-16+. The van der Waals surface area contributed by atoms with Crippen LogP contribution in [-0.2, 0) is 4.74 Å². The summed E-state index contributed by atoms with van der Waals surface area (Å²) >= 11 is 0. The number of aromatic nitrogens is 3. The second kappa shape index (κ2) is 9.15. The Balaban J connectivity index is 1.74. The molecule has 0 radical (unpaired) electrons. The number of aliphatic imine (C=N–C) groups is 1. The fraction of sp³-hybridized carbons (Fsp3) is 0.318. The number of aliphatic hydroxyl groups is 1. The third kappa shape index (κ3) is 4.37. The zero-order valence-electron chi connectivity index (χ0n) is 17.7. The van der Waals surface area contributed by atoms with Crippen molar-refractivity contribution < 1.29 is 9.84 Å². The Bertz CT molecular complexity index is 1140. The molecule has 1 aliphatic carbocycles. The number of ether oxygens (including phenoxy) is 1. The molecular weight excluding hydrogens is 394 g/mol. The number of fused-ring (bicyclic) bond motifs is 2. The highest BCUT2D eigenvalue weighted by molar-refractivity contribution is 6.54. The summed E-state index contributed by atoms with van der Waals surface area (Å²) in [5, 5.41) is 25.8. The average Bonchev–Trinajstić information content (AvgIpc) is 3.37. The summed E-state index contributed by atoms with van der Waals surface area (Å²) in [6.07, 6.45) is 5.97. The van der Waals surface area contributed by atoms with Gasteiger partial charge >= 0.3 is 0 Å². The maximum absolute atomic E-state index is 9.07. The molecule has 0 amide bonds. The van der Waals surface area contributed by atoms with Gasteiger partial charge in [-0.2, -0.15) is 0 Å². The molecule has 4 N–H and O–H groups in total. The fourth-order valence-electron chi connectivity index (χ4n) is 3.37. The Hall–Kier alpha value is -3.43. The van der Waals surface area contributed by atoms with Crippen LogP contribution in [0.5, 0.6) is 0 Å². The molecule has 1 aliphatic rings. The molecule has 0 aliphatic heterocycles. The van der Waals surface area contributed by atoms with Gasteiger partial charge in [0.05, 0.1) is 29.2 Å². The summed E-state index contributed by atoms with van der Waals surface area (Å²) in [5.41, 5.74) is 3.85. The summed E-state index contributed by atoms with van der Waals surface area (Å²) in [7, 11) is 4.04. The number of nitrogens with one attached hydrogen (secondary N) is 3. The van der Waals surface area contributed by atoms with E-state index in [9.17, 15) is 0 Å². The van der Waals surface area contributed by atoms with E-state index in [0.29, 0.717) is 41.7 Å². The molecule has 3 aromatic rings. The fourth-order valence-corrected chi connectivity index (χ4v) is 3.37. The van der Waals surface area contributed by atoms with E-state index in [1.165, 1.54) is 0 Å². The van der Waals surface area contributed by atoms with Crippen molar-refractivity contribution in [3.05, 3.63) is 54.0 Å². The van der Waals surface area contributed by atoms with Crippen LogP contribution in [0, 0.1) is 5.41 Å². The predicted octanol–water partition coefficient (Wildman–Crippen LogP) is 2.53. The largest absolute Gasteiger partial charge is 0.491 e. The molecule has 0 bridgehead atoms. The van der Waals surface area contributed by atoms with Crippen molar-refractivity contribution >= 4 is 34.2 Å². The summed E-state index contributed by atoms with van der Waals surface area (Å²) < 4.78 is 7.65. The Morgan fingerprint density at radius 2 is 2.19 bits per heavy atom. The lowest BCUT2D eigenvalue weighted by Gasteiger charge is -2.17. The molecule has 0 aromatic carbocycles. The van der Waals surface area contributed by atoms with Crippen molar-refractivity contribution in [2.24, 2.45) is 4.99 Å². The van der Waals surface area contributed by atoms with Gasteiger partial charge in [0, 0.05) is 50.2 Å². The lowest BCUT2D eigenvalue weighted by Crippen LogP contribution is -2.21. The minimum absolute atomic E-state index is 0.0615. The van der Waals surface area contributed by atoms with Crippen LogP contribution in [0.3, 0.4) is 0 Å². The highest BCUT2D eigenvalue weighted by atomic mass is 16.5. The first-order valence-electron chi connectivity index (χ1n) is 10.3. The van der Waals surface area contributed by atoms with Crippen LogP contribution in [0.15, 0.2) is 47.7 Å². The molecule has 3 aromatic heterocycles. The van der Waals surface area contributed by atoms with E-state index in [1.807, 2.05) is 44.6 Å². The van der Waals surface area contributed by atoms with Gasteiger partial charge in [0.1, 0.15) is 11.4 Å². The number of aliphatic hydroxyl groups excluding tert-OH is 1. The average molecular weight is 422 g/mol. The first-order valence-corrected chi connectivity index (χ1v) is 10.3. The van der Waals surface area contributed by atoms with Gasteiger partial charge in [-0.05, 0) is 32.3 Å². The molecule has 162 valence electrons. The lowest BCUT2D eigenvalue weighted by atomic mass is 9.98. The van der Waals surface area contributed by atoms with Crippen molar-refractivity contribution in [2.75, 3.05) is 45.7 Å². The van der Waals surface area contributed by atoms with Gasteiger partial charge in [-0.25, -0.2) is 9.51 Å². The zero-order chi connectivity index (χ0) is 21.8. The van der Waals surface area contributed by atoms with E-state index in [2.05, 4.69) is 20.3 Å². The summed E-state index contributed by atoms with van der Waals surface area (Å²) in [5.74, 6) is 1.28. The van der Waals surface area contributed by atoms with Crippen molar-refractivity contribution in [2.45, 2.75) is 6.42 Å². The van der Waals surface area contributed by atoms with Gasteiger partial charge in [0.25, 0.3) is 0 Å². The number of rotatable bonds is 9. The van der Waals surface area contributed by atoms with Crippen molar-refractivity contribution in [1.82, 2.24) is 19.5 Å². The van der Waals surface area contributed by atoms with Crippen LogP contribution in [0.2, 0.25) is 0 Å². The first-order chi connectivity index (χ1) is 15.1. The smallest absolute Gasteiger partial charge is 0.175 e. The number of nitrogens with zero attached hydrogens (tertiary/aromatic N) is 4. The maximum atomic E-state index is 9.07. The van der Waals surface area contributed by atoms with E-state index >= 15 is 0 Å². The third-order valence-corrected chi connectivity index (χ3v) is 4.94. The van der Waals surface area contributed by atoms with Crippen molar-refractivity contribution in [3.63, 3.8) is 0 Å². The maximum Gasteiger partial charge on any atom is 0.175 e. The van der Waals surface area contributed by atoms with Crippen LogP contribution in [-0.4, -0.2) is 76.4 Å². The number of allylic oxidation sites excluding steroid dienone is 1. The second-order valence-electron chi connectivity index (χ2n) is 7.53. The van der Waals surface area contributed by atoms with Crippen LogP contribution >= 0.6 is 0 Å². The van der Waals surface area contributed by atoms with E-state index in [4.69, 9.17) is 20.2 Å². The SMILES string of the molecule is CN(C)CCNc1nn2ccccc2c1/N=C1\C=C(OCCCO)c2[nH]ccc2C1=N. The lowest BCUT2D eigenvalue weighted by molar-refractivity contribution is 0.214. The minimum atomic E-state index is 0.0615. The van der Waals surface area contributed by atoms with Crippen LogP contribution < -0.4 is 5.32 Å². The predicted molar refractivity (Wildman–Crippen MR) is 123 cm³/mol. The van der Waals surface area contributed by atoms with Gasteiger partial charge in [0.2, 0.25) is 0 Å². The van der Waals surface area contributed by atoms with Gasteiger partial charge < -0.3 is 25.0 Å². The molecule has 0 atom stereocenters. The van der Waals surface area contributed by atoms with Gasteiger partial charge in [0.15, 0.2) is 5.82 Å². The highest BCUT2D eigenvalue weighted by Gasteiger charge is 2.25. The Labute approximate surface area is 180 Å². The quantitative estimate of drug-likeness (QED) is 0.397. The van der Waals surface area contributed by atoms with E-state index in [0.717, 1.165) is 29.9 Å². The first kappa shape index (κ1) is 20.8. The van der Waals surface area contributed by atoms with E-state index < -0.39 is 0 Å². The normalized spacial score (nSPS) is 14.9. The van der Waals surface area contributed by atoms with Crippen LogP contribution in [0.1, 0.15) is 17.7 Å². The number of likely N-dealkylation sites (N-methyl/N-ethyl adjacent to an activating group) is 1. The summed E-state index contributed by atoms with van der Waals surface area (Å²) in [6.45, 7) is 2.02. The topological polar surface area (TPSA) is 114 Å². The minimum Gasteiger partial charge on any atom is -0.491 e. The zero-order valence-corrected chi connectivity index (χ0v) is 17.7. The summed E-state index contributed by atoms with van der Waals surface area (Å²) in [6, 6.07) is 7.67. The molecule has 9 nitrogen and oxygen atoms in total. The third-order valence-electron chi connectivity index (χ3n) is 4.94. The number of hydrogen-bond donors (Lipinski definition) is 4. The molecule has 0 saturated heterocycles. The molecule has 4 rings (SSSR count). The highest BCUT2D eigenvalue weighted by Crippen LogP contribution is 2.32. The number of pyridine rings is 1. The molecule has 0 spiro atoms. The molecule has 0 fully saturated rings. The van der Waals surface area contributed by atoms with E-state index in [1.54, 1.807) is 16.8 Å². The van der Waals surface area contributed by atoms with Gasteiger partial charge in [-0.3, -0.25) is 5.41 Å². The molecule has 0 unspecified atom stereocenters. The van der Waals surface area contributed by atoms with E-state index in [-0.39, 0.29) is 6.61 Å². The molecule has 9 heteroatoms. The van der Waals surface area contributed by atoms with Crippen LogP contribution in [0.4, 0.5) is 11.5 Å². The molecule has 31 heavy (non-hydrogen) atoms. The molecule has 3 heterocycles. The Kier molecular flexibility index (Phi) is 6.15. The Morgan fingerprint density at radius 1 is 1.32 bits per heavy atom. The number of anilines is 1. The number of H-pyrrole nitrogens is 1. The molecule has 0 saturated carbocycles. The van der Waals surface area contributed by atoms with Crippen molar-refractivity contribution in [1.29, 1.82) is 5.41 Å².